The summed E-state index contributed by atoms with van der Waals surface area (Å²) >= 11 is 0. The molecule has 0 aliphatic heterocycles. The molecule has 0 fully saturated rings. The van der Waals surface area contributed by atoms with Gasteiger partial charge in [-0.05, 0) is 24.3 Å². The van der Waals surface area contributed by atoms with Crippen molar-refractivity contribution in [3.05, 3.63) is 29.8 Å². The Labute approximate surface area is 113 Å². The van der Waals surface area contributed by atoms with Gasteiger partial charge in [0.2, 0.25) is 10.0 Å². The van der Waals surface area contributed by atoms with Crippen LogP contribution >= 0.6 is 0 Å². The summed E-state index contributed by atoms with van der Waals surface area (Å²) in [6.45, 7) is 1.64. The largest absolute Gasteiger partial charge is 0.395 e. The van der Waals surface area contributed by atoms with E-state index in [9.17, 15) is 8.42 Å². The van der Waals surface area contributed by atoms with Crippen LogP contribution in [-0.4, -0.2) is 49.2 Å². The van der Waals surface area contributed by atoms with Crippen molar-refractivity contribution < 1.29 is 18.6 Å². The number of aliphatic hydroxyl groups excluding tert-OH is 2. The standard InChI is InChI=1S/C13H17NO4S/c1-2-14(9-11-16)19(17,18)13-7-5-12(6-8-13)4-3-10-15/h5-8,15-16H,2,9-11H2,1H3. The molecule has 0 spiro atoms. The monoisotopic (exact) mass is 283 g/mol. The van der Waals surface area contributed by atoms with Crippen LogP contribution in [0, 0.1) is 11.8 Å². The minimum atomic E-state index is -3.57. The molecule has 0 saturated heterocycles. The topological polar surface area (TPSA) is 77.8 Å². The third-order valence-electron chi connectivity index (χ3n) is 2.51. The molecule has 0 aliphatic carbocycles. The summed E-state index contributed by atoms with van der Waals surface area (Å²) in [5, 5.41) is 17.4. The molecule has 104 valence electrons. The van der Waals surface area contributed by atoms with Crippen molar-refractivity contribution in [1.29, 1.82) is 0 Å². The molecule has 2 N–H and O–H groups in total. The highest BCUT2D eigenvalue weighted by Crippen LogP contribution is 2.15. The van der Waals surface area contributed by atoms with Crippen LogP contribution < -0.4 is 0 Å². The lowest BCUT2D eigenvalue weighted by Crippen LogP contribution is -2.33. The molecule has 0 bridgehead atoms. The van der Waals surface area contributed by atoms with E-state index in [0.717, 1.165) is 0 Å². The zero-order valence-electron chi connectivity index (χ0n) is 10.7. The summed E-state index contributed by atoms with van der Waals surface area (Å²) in [7, 11) is -3.57. The molecule has 5 nitrogen and oxygen atoms in total. The van der Waals surface area contributed by atoms with E-state index in [1.165, 1.54) is 16.4 Å². The highest BCUT2D eigenvalue weighted by molar-refractivity contribution is 7.89. The van der Waals surface area contributed by atoms with Crippen LogP contribution in [0.2, 0.25) is 0 Å². The number of benzene rings is 1. The van der Waals surface area contributed by atoms with Crippen LogP contribution in [0.1, 0.15) is 12.5 Å². The van der Waals surface area contributed by atoms with Crippen molar-refractivity contribution in [2.75, 3.05) is 26.3 Å². The molecule has 1 rings (SSSR count). The van der Waals surface area contributed by atoms with Gasteiger partial charge < -0.3 is 10.2 Å². The predicted molar refractivity (Wildman–Crippen MR) is 71.9 cm³/mol. The van der Waals surface area contributed by atoms with Gasteiger partial charge >= 0.3 is 0 Å². The Morgan fingerprint density at radius 2 is 1.84 bits per heavy atom. The van der Waals surface area contributed by atoms with Gasteiger partial charge in [-0.2, -0.15) is 4.31 Å². The van der Waals surface area contributed by atoms with Gasteiger partial charge in [0.25, 0.3) is 0 Å². The van der Waals surface area contributed by atoms with Crippen molar-refractivity contribution in [2.45, 2.75) is 11.8 Å². The number of nitrogens with zero attached hydrogens (tertiary/aromatic N) is 1. The first-order valence-electron chi connectivity index (χ1n) is 5.87. The molecule has 6 heteroatoms. The van der Waals surface area contributed by atoms with Gasteiger partial charge in [0.1, 0.15) is 6.61 Å². The molecule has 1 aromatic rings. The minimum absolute atomic E-state index is 0.0743. The summed E-state index contributed by atoms with van der Waals surface area (Å²) in [5.74, 6) is 5.18. The fraction of sp³-hybridized carbons (Fsp3) is 0.385. The smallest absolute Gasteiger partial charge is 0.243 e. The van der Waals surface area contributed by atoms with Crippen LogP contribution in [0.15, 0.2) is 29.2 Å². The fourth-order valence-corrected chi connectivity index (χ4v) is 3.00. The number of hydrogen-bond acceptors (Lipinski definition) is 4. The van der Waals surface area contributed by atoms with Crippen molar-refractivity contribution in [3.63, 3.8) is 0 Å². The van der Waals surface area contributed by atoms with Crippen molar-refractivity contribution in [2.24, 2.45) is 0 Å². The lowest BCUT2D eigenvalue weighted by Gasteiger charge is -2.19. The Morgan fingerprint density at radius 3 is 2.32 bits per heavy atom. The maximum Gasteiger partial charge on any atom is 0.243 e. The van der Waals surface area contributed by atoms with E-state index in [1.807, 2.05) is 0 Å². The zero-order chi connectivity index (χ0) is 14.3. The van der Waals surface area contributed by atoms with Gasteiger partial charge in [-0.25, -0.2) is 8.42 Å². The zero-order valence-corrected chi connectivity index (χ0v) is 11.5. The average molecular weight is 283 g/mol. The van der Waals surface area contributed by atoms with Crippen LogP contribution in [0.25, 0.3) is 0 Å². The Kier molecular flexibility index (Phi) is 5.99. The lowest BCUT2D eigenvalue weighted by molar-refractivity contribution is 0.257. The molecule has 0 saturated carbocycles. The van der Waals surface area contributed by atoms with Crippen LogP contribution in [0.3, 0.4) is 0 Å². The summed E-state index contributed by atoms with van der Waals surface area (Å²) in [4.78, 5) is 0.164. The van der Waals surface area contributed by atoms with Crippen molar-refractivity contribution in [1.82, 2.24) is 4.31 Å². The van der Waals surface area contributed by atoms with Gasteiger partial charge in [-0.15, -0.1) is 0 Å². The molecule has 19 heavy (non-hydrogen) atoms. The second-order valence-corrected chi connectivity index (χ2v) is 5.64. The molecule has 0 aliphatic rings. The summed E-state index contributed by atoms with van der Waals surface area (Å²) in [6, 6.07) is 6.11. The number of sulfonamides is 1. The third-order valence-corrected chi connectivity index (χ3v) is 4.49. The van der Waals surface area contributed by atoms with E-state index in [2.05, 4.69) is 11.8 Å². The molecule has 1 aromatic carbocycles. The summed E-state index contributed by atoms with van der Waals surface area (Å²) < 4.78 is 25.6. The van der Waals surface area contributed by atoms with Crippen LogP contribution in [-0.2, 0) is 10.0 Å². The van der Waals surface area contributed by atoms with E-state index >= 15 is 0 Å². The Balaban J connectivity index is 3.02. The van der Waals surface area contributed by atoms with E-state index in [1.54, 1.807) is 19.1 Å². The highest BCUT2D eigenvalue weighted by Gasteiger charge is 2.22. The van der Waals surface area contributed by atoms with E-state index < -0.39 is 10.0 Å². The molecular weight excluding hydrogens is 266 g/mol. The van der Waals surface area contributed by atoms with E-state index in [-0.39, 0.29) is 24.7 Å². The third kappa shape index (κ3) is 4.04. The molecule has 0 atom stereocenters. The van der Waals surface area contributed by atoms with Crippen LogP contribution in [0.4, 0.5) is 0 Å². The number of rotatable bonds is 5. The minimum Gasteiger partial charge on any atom is -0.395 e. The Morgan fingerprint density at radius 1 is 1.21 bits per heavy atom. The quantitative estimate of drug-likeness (QED) is 0.748. The van der Waals surface area contributed by atoms with Crippen molar-refractivity contribution in [3.8, 4) is 11.8 Å². The number of likely N-dealkylation sites (N-methyl/N-ethyl adjacent to an activating group) is 1. The van der Waals surface area contributed by atoms with Crippen LogP contribution in [0.5, 0.6) is 0 Å². The predicted octanol–water partition coefficient (Wildman–Crippen LogP) is 0.0333. The fourth-order valence-electron chi connectivity index (χ4n) is 1.56. The second kappa shape index (κ2) is 7.26. The maximum absolute atomic E-state index is 12.2. The van der Waals surface area contributed by atoms with E-state index in [4.69, 9.17) is 10.2 Å². The molecular formula is C13H17NO4S. The molecule has 0 radical (unpaired) electrons. The normalized spacial score (nSPS) is 11.2. The Hall–Kier alpha value is -1.39. The summed E-state index contributed by atoms with van der Waals surface area (Å²) in [5.41, 5.74) is 0.637. The second-order valence-electron chi connectivity index (χ2n) is 3.70. The summed E-state index contributed by atoms with van der Waals surface area (Å²) in [6.07, 6.45) is 0. The lowest BCUT2D eigenvalue weighted by atomic mass is 10.2. The highest BCUT2D eigenvalue weighted by atomic mass is 32.2. The maximum atomic E-state index is 12.2. The molecule has 0 aromatic heterocycles. The van der Waals surface area contributed by atoms with Gasteiger partial charge in [0.05, 0.1) is 11.5 Å². The molecule has 0 amide bonds. The number of hydrogen-bond donors (Lipinski definition) is 2. The van der Waals surface area contributed by atoms with E-state index in [0.29, 0.717) is 12.1 Å². The first-order chi connectivity index (χ1) is 9.06. The number of aliphatic hydroxyl groups is 2. The Bertz CT molecular complexity index is 555. The van der Waals surface area contributed by atoms with Gasteiger partial charge in [-0.1, -0.05) is 18.8 Å². The van der Waals surface area contributed by atoms with Gasteiger partial charge in [0, 0.05) is 18.7 Å². The van der Waals surface area contributed by atoms with Crippen molar-refractivity contribution >= 4 is 10.0 Å². The van der Waals surface area contributed by atoms with Gasteiger partial charge in [0.15, 0.2) is 0 Å². The molecule has 0 heterocycles. The SMILES string of the molecule is CCN(CCO)S(=O)(=O)c1ccc(C#CCO)cc1. The van der Waals surface area contributed by atoms with Gasteiger partial charge in [-0.3, -0.25) is 0 Å². The molecule has 0 unspecified atom stereocenters. The first-order valence-corrected chi connectivity index (χ1v) is 7.31. The average Bonchev–Trinajstić information content (AvgIpc) is 2.42. The first kappa shape index (κ1) is 15.7.